The normalized spacial score (nSPS) is 17.9. The minimum absolute atomic E-state index is 0.181. The summed E-state index contributed by atoms with van der Waals surface area (Å²) in [4.78, 5) is 29.1. The van der Waals surface area contributed by atoms with Crippen molar-refractivity contribution >= 4 is 38.2 Å². The molecule has 184 valence electrons. The Kier molecular flexibility index (Phi) is 7.42. The van der Waals surface area contributed by atoms with E-state index in [4.69, 9.17) is 4.74 Å². The van der Waals surface area contributed by atoms with Gasteiger partial charge in [-0.2, -0.15) is 4.31 Å². The molecule has 0 bridgehead atoms. The summed E-state index contributed by atoms with van der Waals surface area (Å²) >= 11 is 1.39. The number of likely N-dealkylation sites (N-methyl/N-ethyl adjacent to an activating group) is 1. The number of piperidine rings is 1. The fourth-order valence-corrected chi connectivity index (χ4v) is 7.15. The fraction of sp³-hybridized carbons (Fsp3) is 0.500. The molecular formula is C24H31N3O5S2. The lowest BCUT2D eigenvalue weighted by atomic mass is 10.0. The largest absolute Gasteiger partial charge is 0.462 e. The van der Waals surface area contributed by atoms with Crippen LogP contribution in [0.25, 0.3) is 0 Å². The van der Waals surface area contributed by atoms with Crippen LogP contribution in [0.2, 0.25) is 0 Å². The van der Waals surface area contributed by atoms with Crippen molar-refractivity contribution in [3.63, 3.8) is 0 Å². The van der Waals surface area contributed by atoms with Crippen LogP contribution in [-0.2, 0) is 27.7 Å². The lowest BCUT2D eigenvalue weighted by molar-refractivity contribution is 0.0526. The van der Waals surface area contributed by atoms with E-state index in [1.54, 1.807) is 6.92 Å². The van der Waals surface area contributed by atoms with Gasteiger partial charge in [0.05, 0.1) is 17.1 Å². The Morgan fingerprint density at radius 2 is 1.82 bits per heavy atom. The molecule has 0 saturated carbocycles. The van der Waals surface area contributed by atoms with Crippen LogP contribution in [-0.4, -0.2) is 62.8 Å². The van der Waals surface area contributed by atoms with Gasteiger partial charge in [0.2, 0.25) is 10.0 Å². The van der Waals surface area contributed by atoms with Crippen LogP contribution in [0.3, 0.4) is 0 Å². The molecule has 0 unspecified atom stereocenters. The molecule has 1 aromatic heterocycles. The quantitative estimate of drug-likeness (QED) is 0.603. The number of sulfonamides is 1. The number of carbonyl (C=O) groups excluding carboxylic acids is 2. The van der Waals surface area contributed by atoms with Gasteiger partial charge in [-0.05, 0) is 69.0 Å². The van der Waals surface area contributed by atoms with E-state index in [9.17, 15) is 18.0 Å². The van der Waals surface area contributed by atoms with Crippen LogP contribution in [0.15, 0.2) is 29.2 Å². The highest BCUT2D eigenvalue weighted by atomic mass is 32.2. The van der Waals surface area contributed by atoms with E-state index in [0.717, 1.165) is 29.8 Å². The number of carbonyl (C=O) groups is 2. The number of esters is 1. The molecule has 1 fully saturated rings. The Hall–Kier alpha value is -2.27. The van der Waals surface area contributed by atoms with Crippen molar-refractivity contribution in [2.75, 3.05) is 38.6 Å². The van der Waals surface area contributed by atoms with E-state index in [-0.39, 0.29) is 11.5 Å². The molecule has 2 aliphatic rings. The predicted molar refractivity (Wildman–Crippen MR) is 132 cm³/mol. The number of amides is 1. The Labute approximate surface area is 204 Å². The highest BCUT2D eigenvalue weighted by molar-refractivity contribution is 7.89. The molecule has 1 saturated heterocycles. The highest BCUT2D eigenvalue weighted by Crippen LogP contribution is 2.37. The molecule has 1 N–H and O–H groups in total. The SMILES string of the molecule is CCOC(=O)c1c(NC(=O)c2ccc(S(=O)(=O)N3CCC(C)CC3)cc2)sc2c1CCN(C)C2. The van der Waals surface area contributed by atoms with Gasteiger partial charge in [0.25, 0.3) is 5.91 Å². The van der Waals surface area contributed by atoms with Gasteiger partial charge in [0, 0.05) is 36.6 Å². The van der Waals surface area contributed by atoms with Crippen molar-refractivity contribution in [3.8, 4) is 0 Å². The third-order valence-electron chi connectivity index (χ3n) is 6.45. The molecule has 8 nitrogen and oxygen atoms in total. The maximum Gasteiger partial charge on any atom is 0.341 e. The molecule has 1 aromatic carbocycles. The molecule has 2 aliphatic heterocycles. The van der Waals surface area contributed by atoms with Gasteiger partial charge in [-0.1, -0.05) is 6.92 Å². The predicted octanol–water partition coefficient (Wildman–Crippen LogP) is 3.59. The number of ether oxygens (including phenoxy) is 1. The van der Waals surface area contributed by atoms with E-state index >= 15 is 0 Å². The van der Waals surface area contributed by atoms with Crippen molar-refractivity contribution < 1.29 is 22.7 Å². The number of thiophene rings is 1. The minimum atomic E-state index is -3.58. The van der Waals surface area contributed by atoms with Crippen LogP contribution in [0.4, 0.5) is 5.00 Å². The van der Waals surface area contributed by atoms with Crippen molar-refractivity contribution in [1.29, 1.82) is 0 Å². The van der Waals surface area contributed by atoms with E-state index in [1.807, 2.05) is 7.05 Å². The molecule has 10 heteroatoms. The third-order valence-corrected chi connectivity index (χ3v) is 9.50. The monoisotopic (exact) mass is 505 g/mol. The number of anilines is 1. The van der Waals surface area contributed by atoms with E-state index in [1.165, 1.54) is 39.9 Å². The maximum atomic E-state index is 13.0. The van der Waals surface area contributed by atoms with E-state index < -0.39 is 21.9 Å². The van der Waals surface area contributed by atoms with Crippen molar-refractivity contribution in [1.82, 2.24) is 9.21 Å². The Balaban J connectivity index is 1.54. The van der Waals surface area contributed by atoms with Gasteiger partial charge in [-0.25, -0.2) is 13.2 Å². The van der Waals surface area contributed by atoms with Crippen LogP contribution >= 0.6 is 11.3 Å². The lowest BCUT2D eigenvalue weighted by Crippen LogP contribution is -2.37. The Morgan fingerprint density at radius 1 is 1.15 bits per heavy atom. The van der Waals surface area contributed by atoms with Gasteiger partial charge in [0.15, 0.2) is 0 Å². The van der Waals surface area contributed by atoms with Crippen LogP contribution < -0.4 is 5.32 Å². The second-order valence-corrected chi connectivity index (χ2v) is 12.0. The van der Waals surface area contributed by atoms with Crippen LogP contribution in [0.1, 0.15) is 57.8 Å². The van der Waals surface area contributed by atoms with Crippen molar-refractivity contribution in [2.45, 2.75) is 44.6 Å². The zero-order valence-electron chi connectivity index (χ0n) is 19.8. The number of hydrogen-bond donors (Lipinski definition) is 1. The first-order valence-electron chi connectivity index (χ1n) is 11.6. The molecular weight excluding hydrogens is 474 g/mol. The molecule has 2 aromatic rings. The number of nitrogens with zero attached hydrogens (tertiary/aromatic N) is 2. The fourth-order valence-electron chi connectivity index (χ4n) is 4.37. The summed E-state index contributed by atoms with van der Waals surface area (Å²) < 4.78 is 32.7. The molecule has 34 heavy (non-hydrogen) atoms. The van der Waals surface area contributed by atoms with Gasteiger partial charge >= 0.3 is 5.97 Å². The molecule has 4 rings (SSSR count). The van der Waals surface area contributed by atoms with Gasteiger partial charge < -0.3 is 15.0 Å². The summed E-state index contributed by atoms with van der Waals surface area (Å²) in [5.74, 6) is -0.300. The number of rotatable bonds is 6. The summed E-state index contributed by atoms with van der Waals surface area (Å²) in [7, 11) is -1.56. The number of benzene rings is 1. The lowest BCUT2D eigenvalue weighted by Gasteiger charge is -2.29. The molecule has 1 amide bonds. The number of hydrogen-bond acceptors (Lipinski definition) is 7. The summed E-state index contributed by atoms with van der Waals surface area (Å²) in [6.45, 7) is 6.71. The second-order valence-electron chi connectivity index (χ2n) is 8.98. The first kappa shape index (κ1) is 24.8. The van der Waals surface area contributed by atoms with E-state index in [2.05, 4.69) is 17.1 Å². The highest BCUT2D eigenvalue weighted by Gasteiger charge is 2.30. The smallest absolute Gasteiger partial charge is 0.341 e. The average Bonchev–Trinajstić information content (AvgIpc) is 3.16. The zero-order chi connectivity index (χ0) is 24.5. The summed E-state index contributed by atoms with van der Waals surface area (Å²) in [6, 6.07) is 5.98. The summed E-state index contributed by atoms with van der Waals surface area (Å²) in [5, 5.41) is 3.34. The van der Waals surface area contributed by atoms with Crippen molar-refractivity contribution in [2.24, 2.45) is 5.92 Å². The first-order valence-corrected chi connectivity index (χ1v) is 13.9. The second kappa shape index (κ2) is 10.2. The Bertz CT molecular complexity index is 1170. The van der Waals surface area contributed by atoms with Gasteiger partial charge in [-0.3, -0.25) is 4.79 Å². The van der Waals surface area contributed by atoms with Crippen molar-refractivity contribution in [3.05, 3.63) is 45.8 Å². The molecule has 0 radical (unpaired) electrons. The standard InChI is InChI=1S/C24H31N3O5S2/c1-4-32-24(29)21-19-11-12-26(3)15-20(19)33-23(21)25-22(28)17-5-7-18(8-6-17)34(30,31)27-13-9-16(2)10-14-27/h5-8,16H,4,9-15H2,1-3H3,(H,25,28). The topological polar surface area (TPSA) is 96.0 Å². The van der Waals surface area contributed by atoms with Gasteiger partial charge in [0.1, 0.15) is 5.00 Å². The minimum Gasteiger partial charge on any atom is -0.462 e. The van der Waals surface area contributed by atoms with Crippen LogP contribution in [0.5, 0.6) is 0 Å². The Morgan fingerprint density at radius 3 is 2.47 bits per heavy atom. The third kappa shape index (κ3) is 5.05. The zero-order valence-corrected chi connectivity index (χ0v) is 21.4. The number of nitrogens with one attached hydrogen (secondary N) is 1. The molecule has 0 spiro atoms. The van der Waals surface area contributed by atoms with Crippen LogP contribution in [0, 0.1) is 5.92 Å². The van der Waals surface area contributed by atoms with Gasteiger partial charge in [-0.15, -0.1) is 11.3 Å². The molecule has 3 heterocycles. The summed E-state index contributed by atoms with van der Waals surface area (Å²) in [6.07, 6.45) is 2.42. The molecule has 0 atom stereocenters. The van der Waals surface area contributed by atoms with E-state index in [0.29, 0.717) is 48.1 Å². The molecule has 0 aliphatic carbocycles. The number of fused-ring (bicyclic) bond motifs is 1. The maximum absolute atomic E-state index is 13.0. The average molecular weight is 506 g/mol. The summed E-state index contributed by atoms with van der Waals surface area (Å²) in [5.41, 5.74) is 1.69. The first-order chi connectivity index (χ1) is 16.2.